The average molecular weight is 561 g/mol. The monoisotopic (exact) mass is 560 g/mol. The molecule has 1 amide bonds. The average Bonchev–Trinajstić information content (AvgIpc) is 3.51. The Balaban J connectivity index is 1.17. The van der Waals surface area contributed by atoms with Crippen LogP contribution < -0.4 is 4.90 Å². The van der Waals surface area contributed by atoms with E-state index >= 15 is 0 Å². The first-order valence-electron chi connectivity index (χ1n) is 14.0. The predicted molar refractivity (Wildman–Crippen MR) is 158 cm³/mol. The molecule has 4 heterocycles. The third-order valence-electron chi connectivity index (χ3n) is 7.76. The first-order valence-corrected chi connectivity index (χ1v) is 14.4. The number of anilines is 1. The minimum absolute atomic E-state index is 0.0658. The van der Waals surface area contributed by atoms with Gasteiger partial charge in [0.2, 0.25) is 0 Å². The number of carbonyl (C=O) groups is 1. The molecule has 2 N–H and O–H groups in total. The number of aromatic nitrogens is 3. The second kappa shape index (κ2) is 12.0. The number of carbonyl (C=O) groups excluding carboxylic acids is 1. The number of hydrogen-bond acceptors (Lipinski definition) is 6. The molecule has 0 spiro atoms. The number of piperidine rings is 1. The fraction of sp³-hybridized carbons (Fsp3) is 0.452. The van der Waals surface area contributed by atoms with Crippen LogP contribution in [0.25, 0.3) is 11.4 Å². The Labute approximate surface area is 241 Å². The van der Waals surface area contributed by atoms with Crippen molar-refractivity contribution < 1.29 is 9.90 Å². The Morgan fingerprint density at radius 2 is 1.90 bits per heavy atom. The molecular formula is C31H37ClN6O2. The molecule has 0 radical (unpaired) electrons. The molecule has 2 saturated heterocycles. The number of aliphatic hydroxyl groups is 1. The molecule has 0 saturated carbocycles. The van der Waals surface area contributed by atoms with Crippen molar-refractivity contribution in [2.24, 2.45) is 0 Å². The number of nitrogens with one attached hydrogen (secondary N) is 1. The van der Waals surface area contributed by atoms with Gasteiger partial charge in [0.05, 0.1) is 5.02 Å². The summed E-state index contributed by atoms with van der Waals surface area (Å²) in [6.07, 6.45) is 8.31. The van der Waals surface area contributed by atoms with Gasteiger partial charge in [-0.2, -0.15) is 0 Å². The number of pyridine rings is 1. The molecule has 0 bridgehead atoms. The highest BCUT2D eigenvalue weighted by atomic mass is 35.5. The van der Waals surface area contributed by atoms with E-state index in [9.17, 15) is 9.90 Å². The quantitative estimate of drug-likeness (QED) is 0.448. The molecule has 1 aromatic carbocycles. The van der Waals surface area contributed by atoms with E-state index in [1.54, 1.807) is 26.2 Å². The van der Waals surface area contributed by atoms with Gasteiger partial charge in [-0.15, -0.1) is 0 Å². The van der Waals surface area contributed by atoms with E-state index in [0.29, 0.717) is 22.7 Å². The van der Waals surface area contributed by atoms with E-state index in [2.05, 4.69) is 38.5 Å². The number of hydrogen-bond donors (Lipinski definition) is 2. The van der Waals surface area contributed by atoms with Gasteiger partial charge in [0.25, 0.3) is 5.91 Å². The van der Waals surface area contributed by atoms with E-state index in [1.807, 2.05) is 41.4 Å². The Morgan fingerprint density at radius 3 is 2.52 bits per heavy atom. The van der Waals surface area contributed by atoms with Gasteiger partial charge in [0, 0.05) is 80.1 Å². The van der Waals surface area contributed by atoms with Crippen LogP contribution >= 0.6 is 11.6 Å². The fourth-order valence-electron chi connectivity index (χ4n) is 5.63. The van der Waals surface area contributed by atoms with Crippen molar-refractivity contribution in [3.63, 3.8) is 0 Å². The van der Waals surface area contributed by atoms with Crippen molar-refractivity contribution in [2.45, 2.75) is 57.7 Å². The van der Waals surface area contributed by atoms with Gasteiger partial charge in [0.1, 0.15) is 17.2 Å². The van der Waals surface area contributed by atoms with Crippen molar-refractivity contribution in [3.8, 4) is 23.2 Å². The number of rotatable bonds is 5. The Hall–Kier alpha value is -3.38. The SMILES string of the molecule is CC[C@H]1CN(c2ncc(-c3ncc[nH]3)cc2Cl)CCN1C1CCN(C(=O)c2ccc(C#CC(C)(C)O)cc2)CC1. The van der Waals surface area contributed by atoms with Crippen LogP contribution in [0, 0.1) is 11.8 Å². The minimum atomic E-state index is -1.04. The standard InChI is InChI=1S/C31H37ClN6O2/c1-4-25-21-37(29-27(32)19-24(20-35-29)28-33-13-14-34-28)17-18-38(25)26-10-15-36(16-11-26)30(39)23-7-5-22(6-8-23)9-12-31(2,3)40/h5-8,13-14,19-20,25-26,40H,4,10-11,15-18,21H2,1-3H3,(H,33,34)/t25-/m0/s1. The maximum absolute atomic E-state index is 13.2. The number of H-pyrrole nitrogens is 1. The van der Waals surface area contributed by atoms with Gasteiger partial charge in [-0.3, -0.25) is 9.69 Å². The first kappa shape index (κ1) is 28.2. The van der Waals surface area contributed by atoms with Crippen LogP contribution in [0.1, 0.15) is 56.0 Å². The molecule has 5 rings (SSSR count). The van der Waals surface area contributed by atoms with Crippen LogP contribution in [0.2, 0.25) is 5.02 Å². The van der Waals surface area contributed by atoms with Crippen LogP contribution in [0.5, 0.6) is 0 Å². The van der Waals surface area contributed by atoms with Crippen LogP contribution in [-0.4, -0.2) is 86.2 Å². The maximum Gasteiger partial charge on any atom is 0.253 e. The van der Waals surface area contributed by atoms with Gasteiger partial charge >= 0.3 is 0 Å². The number of nitrogens with zero attached hydrogens (tertiary/aromatic N) is 5. The fourth-order valence-corrected chi connectivity index (χ4v) is 5.91. The molecule has 9 heteroatoms. The van der Waals surface area contributed by atoms with Crippen LogP contribution in [-0.2, 0) is 0 Å². The molecule has 210 valence electrons. The van der Waals surface area contributed by atoms with Gasteiger partial charge in [0.15, 0.2) is 0 Å². The third kappa shape index (κ3) is 6.49. The summed E-state index contributed by atoms with van der Waals surface area (Å²) < 4.78 is 0. The zero-order valence-corrected chi connectivity index (χ0v) is 24.2. The van der Waals surface area contributed by atoms with Crippen molar-refractivity contribution in [3.05, 3.63) is 65.1 Å². The summed E-state index contributed by atoms with van der Waals surface area (Å²) in [4.78, 5) is 32.2. The molecule has 2 aromatic heterocycles. The van der Waals surface area contributed by atoms with E-state index in [-0.39, 0.29) is 5.91 Å². The van der Waals surface area contributed by atoms with E-state index in [1.165, 1.54) is 0 Å². The molecule has 2 aliphatic rings. The van der Waals surface area contributed by atoms with Gasteiger partial charge in [-0.25, -0.2) is 9.97 Å². The topological polar surface area (TPSA) is 88.6 Å². The summed E-state index contributed by atoms with van der Waals surface area (Å²) in [6, 6.07) is 10.1. The number of amides is 1. The number of benzene rings is 1. The second-order valence-corrected chi connectivity index (χ2v) is 11.5. The van der Waals surface area contributed by atoms with E-state index in [4.69, 9.17) is 16.6 Å². The Kier molecular flexibility index (Phi) is 8.46. The second-order valence-electron chi connectivity index (χ2n) is 11.1. The lowest BCUT2D eigenvalue weighted by Crippen LogP contribution is -2.58. The molecule has 2 fully saturated rings. The largest absolute Gasteiger partial charge is 0.378 e. The highest BCUT2D eigenvalue weighted by Gasteiger charge is 2.35. The summed E-state index contributed by atoms with van der Waals surface area (Å²) in [5.41, 5.74) is 1.29. The zero-order valence-electron chi connectivity index (χ0n) is 23.4. The lowest BCUT2D eigenvalue weighted by Gasteiger charge is -2.47. The first-order chi connectivity index (χ1) is 19.2. The molecular weight excluding hydrogens is 524 g/mol. The van der Waals surface area contributed by atoms with Gasteiger partial charge in [-0.05, 0) is 63.4 Å². The predicted octanol–water partition coefficient (Wildman–Crippen LogP) is 4.45. The zero-order chi connectivity index (χ0) is 28.3. The normalized spacial score (nSPS) is 18.9. The summed E-state index contributed by atoms with van der Waals surface area (Å²) in [7, 11) is 0. The number of halogens is 1. The molecule has 40 heavy (non-hydrogen) atoms. The lowest BCUT2D eigenvalue weighted by molar-refractivity contribution is 0.0491. The van der Waals surface area contributed by atoms with Crippen LogP contribution in [0.3, 0.4) is 0 Å². The Bertz CT molecular complexity index is 1370. The molecule has 0 unspecified atom stereocenters. The van der Waals surface area contributed by atoms with Crippen LogP contribution in [0.4, 0.5) is 5.82 Å². The number of likely N-dealkylation sites (tertiary alicyclic amines) is 1. The van der Waals surface area contributed by atoms with E-state index in [0.717, 1.165) is 74.8 Å². The smallest absolute Gasteiger partial charge is 0.253 e. The summed E-state index contributed by atoms with van der Waals surface area (Å²) in [5.74, 6) is 7.42. The minimum Gasteiger partial charge on any atom is -0.378 e. The molecule has 2 aliphatic heterocycles. The van der Waals surface area contributed by atoms with Crippen molar-refractivity contribution in [1.82, 2.24) is 24.8 Å². The summed E-state index contributed by atoms with van der Waals surface area (Å²) >= 11 is 6.68. The molecule has 1 atom stereocenters. The summed E-state index contributed by atoms with van der Waals surface area (Å²) in [5, 5.41) is 10.4. The number of imidazole rings is 1. The highest BCUT2D eigenvalue weighted by Crippen LogP contribution is 2.31. The van der Waals surface area contributed by atoms with Gasteiger partial charge < -0.3 is 19.9 Å². The third-order valence-corrected chi connectivity index (χ3v) is 8.04. The molecule has 0 aliphatic carbocycles. The maximum atomic E-state index is 13.2. The molecule has 3 aromatic rings. The number of aromatic amines is 1. The summed E-state index contributed by atoms with van der Waals surface area (Å²) in [6.45, 7) is 9.74. The Morgan fingerprint density at radius 1 is 1.15 bits per heavy atom. The number of piperazine rings is 1. The van der Waals surface area contributed by atoms with Crippen molar-refractivity contribution in [2.75, 3.05) is 37.6 Å². The van der Waals surface area contributed by atoms with Crippen molar-refractivity contribution in [1.29, 1.82) is 0 Å². The highest BCUT2D eigenvalue weighted by molar-refractivity contribution is 6.33. The van der Waals surface area contributed by atoms with Gasteiger partial charge in [-0.1, -0.05) is 30.4 Å². The van der Waals surface area contributed by atoms with Crippen molar-refractivity contribution >= 4 is 23.3 Å². The molecule has 8 nitrogen and oxygen atoms in total. The lowest BCUT2D eigenvalue weighted by atomic mass is 9.97. The van der Waals surface area contributed by atoms with Crippen LogP contribution in [0.15, 0.2) is 48.9 Å². The van der Waals surface area contributed by atoms with E-state index < -0.39 is 5.60 Å².